The molecule has 0 fully saturated rings. The summed E-state index contributed by atoms with van der Waals surface area (Å²) in [4.78, 5) is 20.7. The average Bonchev–Trinajstić information content (AvgIpc) is 2.79. The highest BCUT2D eigenvalue weighted by Crippen LogP contribution is 2.35. The standard InChI is InChI=1S/C15H15N3OS.CH4/c1-8(2)14(19)17-10-4-5-12-11(6-10)13(18-12)15-16-9(3)7-20-15;/h4-8H,1-3H3,(H,17,19);1H4. The molecule has 0 saturated heterocycles. The van der Waals surface area contributed by atoms with Crippen molar-refractivity contribution in [1.29, 1.82) is 0 Å². The minimum atomic E-state index is -0.0317. The highest BCUT2D eigenvalue weighted by atomic mass is 32.1. The maximum atomic E-state index is 11.7. The van der Waals surface area contributed by atoms with Crippen molar-refractivity contribution in [1.82, 2.24) is 4.98 Å². The van der Waals surface area contributed by atoms with Crippen molar-refractivity contribution in [2.45, 2.75) is 28.2 Å². The number of nitrogens with one attached hydrogen (secondary N) is 1. The van der Waals surface area contributed by atoms with Crippen LogP contribution in [0.2, 0.25) is 0 Å². The Kier molecular flexibility index (Phi) is 4.23. The maximum Gasteiger partial charge on any atom is 0.226 e. The van der Waals surface area contributed by atoms with E-state index in [2.05, 4.69) is 15.3 Å². The van der Waals surface area contributed by atoms with Gasteiger partial charge in [0.1, 0.15) is 10.7 Å². The van der Waals surface area contributed by atoms with E-state index >= 15 is 0 Å². The Hall–Kier alpha value is -2.01. The van der Waals surface area contributed by atoms with Gasteiger partial charge >= 0.3 is 0 Å². The summed E-state index contributed by atoms with van der Waals surface area (Å²) < 4.78 is 0. The molecule has 0 bridgehead atoms. The number of fused-ring (bicyclic) bond motifs is 1. The molecular weight excluding hydrogens is 282 g/mol. The van der Waals surface area contributed by atoms with Crippen LogP contribution in [0.4, 0.5) is 11.4 Å². The summed E-state index contributed by atoms with van der Waals surface area (Å²) in [6, 6.07) is 5.77. The lowest BCUT2D eigenvalue weighted by Crippen LogP contribution is -2.18. The fourth-order valence-electron chi connectivity index (χ4n) is 1.94. The third-order valence-electron chi connectivity index (χ3n) is 3.10. The van der Waals surface area contributed by atoms with E-state index in [0.717, 1.165) is 33.4 Å². The Morgan fingerprint density at radius 1 is 1.33 bits per heavy atom. The molecule has 2 heterocycles. The molecule has 110 valence electrons. The normalized spacial score (nSPS) is 12.1. The largest absolute Gasteiger partial charge is 0.326 e. The van der Waals surface area contributed by atoms with Crippen LogP contribution in [0.3, 0.4) is 0 Å². The molecule has 0 radical (unpaired) electrons. The van der Waals surface area contributed by atoms with E-state index in [4.69, 9.17) is 0 Å². The van der Waals surface area contributed by atoms with E-state index in [-0.39, 0.29) is 19.3 Å². The number of thiazole rings is 1. The van der Waals surface area contributed by atoms with Crippen LogP contribution in [-0.2, 0) is 4.79 Å². The monoisotopic (exact) mass is 301 g/mol. The first kappa shape index (κ1) is 15.4. The number of aromatic nitrogens is 1. The van der Waals surface area contributed by atoms with E-state index in [1.165, 1.54) is 0 Å². The summed E-state index contributed by atoms with van der Waals surface area (Å²) in [6.45, 7) is 5.73. The Morgan fingerprint density at radius 3 is 2.71 bits per heavy atom. The van der Waals surface area contributed by atoms with Crippen LogP contribution in [0.5, 0.6) is 0 Å². The van der Waals surface area contributed by atoms with Crippen LogP contribution < -0.4 is 5.32 Å². The average molecular weight is 301 g/mol. The number of hydrogen-bond acceptors (Lipinski definition) is 4. The number of aryl methyl sites for hydroxylation is 1. The van der Waals surface area contributed by atoms with Crippen LogP contribution >= 0.6 is 11.3 Å². The first-order valence-electron chi connectivity index (χ1n) is 6.51. The van der Waals surface area contributed by atoms with Gasteiger partial charge in [-0.05, 0) is 25.1 Å². The molecule has 0 atom stereocenters. The zero-order valence-electron chi connectivity index (χ0n) is 11.6. The van der Waals surface area contributed by atoms with Crippen molar-refractivity contribution in [3.63, 3.8) is 0 Å². The van der Waals surface area contributed by atoms with Crippen molar-refractivity contribution in [2.75, 3.05) is 5.32 Å². The van der Waals surface area contributed by atoms with Crippen molar-refractivity contribution in [2.24, 2.45) is 10.9 Å². The van der Waals surface area contributed by atoms with E-state index in [1.54, 1.807) is 11.3 Å². The molecule has 21 heavy (non-hydrogen) atoms. The summed E-state index contributed by atoms with van der Waals surface area (Å²) in [5.74, 6) is -0.0105. The van der Waals surface area contributed by atoms with Gasteiger partial charge in [-0.2, -0.15) is 0 Å². The Morgan fingerprint density at radius 2 is 2.10 bits per heavy atom. The van der Waals surface area contributed by atoms with Crippen LogP contribution in [0.25, 0.3) is 0 Å². The number of anilines is 1. The van der Waals surface area contributed by atoms with Crippen molar-refractivity contribution < 1.29 is 4.79 Å². The summed E-state index contributed by atoms with van der Waals surface area (Å²) in [6.07, 6.45) is 0. The van der Waals surface area contributed by atoms with Crippen molar-refractivity contribution in [3.8, 4) is 0 Å². The Balaban J connectivity index is 0.00000161. The molecule has 3 rings (SSSR count). The maximum absolute atomic E-state index is 11.7. The number of carbonyl (C=O) groups is 1. The second kappa shape index (κ2) is 5.77. The number of aliphatic imine (C=N–C) groups is 1. The molecule has 2 aromatic rings. The van der Waals surface area contributed by atoms with Crippen LogP contribution in [0.1, 0.15) is 37.5 Å². The SMILES string of the molecule is C.Cc1csc(C2=Nc3ccc(NC(=O)C(C)C)cc32)n1. The van der Waals surface area contributed by atoms with Crippen LogP contribution in [0, 0.1) is 12.8 Å². The second-order valence-corrected chi connectivity index (χ2v) is 5.99. The molecule has 0 aliphatic carbocycles. The molecule has 1 aliphatic rings. The summed E-state index contributed by atoms with van der Waals surface area (Å²) in [5, 5.41) is 5.86. The minimum Gasteiger partial charge on any atom is -0.326 e. The molecule has 1 aromatic carbocycles. The number of nitrogens with zero attached hydrogens (tertiary/aromatic N) is 2. The predicted octanol–water partition coefficient (Wildman–Crippen LogP) is 4.16. The summed E-state index contributed by atoms with van der Waals surface area (Å²) >= 11 is 1.59. The topological polar surface area (TPSA) is 54.4 Å². The van der Waals surface area contributed by atoms with Gasteiger partial charge in [-0.3, -0.25) is 4.79 Å². The quantitative estimate of drug-likeness (QED) is 0.789. The second-order valence-electron chi connectivity index (χ2n) is 5.13. The smallest absolute Gasteiger partial charge is 0.226 e. The third-order valence-corrected chi connectivity index (χ3v) is 4.06. The number of rotatable bonds is 3. The summed E-state index contributed by atoms with van der Waals surface area (Å²) in [7, 11) is 0. The lowest BCUT2D eigenvalue weighted by molar-refractivity contribution is -0.118. The fraction of sp³-hybridized carbons (Fsp3) is 0.312. The van der Waals surface area contributed by atoms with Crippen LogP contribution in [-0.4, -0.2) is 16.6 Å². The highest BCUT2D eigenvalue weighted by Gasteiger charge is 2.23. The molecule has 5 heteroatoms. The van der Waals surface area contributed by atoms with Gasteiger partial charge in [0.05, 0.1) is 5.69 Å². The van der Waals surface area contributed by atoms with Gasteiger partial charge in [-0.15, -0.1) is 11.3 Å². The van der Waals surface area contributed by atoms with Gasteiger partial charge < -0.3 is 5.32 Å². The van der Waals surface area contributed by atoms with E-state index in [0.29, 0.717) is 0 Å². The molecule has 0 saturated carbocycles. The van der Waals surface area contributed by atoms with Gasteiger partial charge in [0.2, 0.25) is 5.91 Å². The summed E-state index contributed by atoms with van der Waals surface area (Å²) in [5.41, 5.74) is 4.74. The van der Waals surface area contributed by atoms with Gasteiger partial charge in [0, 0.05) is 28.2 Å². The third kappa shape index (κ3) is 2.88. The lowest BCUT2D eigenvalue weighted by Gasteiger charge is -2.18. The van der Waals surface area contributed by atoms with Gasteiger partial charge in [-0.25, -0.2) is 9.98 Å². The molecule has 1 amide bonds. The molecule has 1 N–H and O–H groups in total. The number of hydrogen-bond donors (Lipinski definition) is 1. The Bertz CT molecular complexity index is 716. The van der Waals surface area contributed by atoms with Gasteiger partial charge in [0.15, 0.2) is 0 Å². The molecule has 4 nitrogen and oxygen atoms in total. The fourth-order valence-corrected chi connectivity index (χ4v) is 2.74. The molecular formula is C16H19N3OS. The first-order chi connectivity index (χ1) is 9.54. The van der Waals surface area contributed by atoms with E-state index in [9.17, 15) is 4.79 Å². The number of benzene rings is 1. The van der Waals surface area contributed by atoms with E-state index in [1.807, 2.05) is 44.4 Å². The zero-order valence-corrected chi connectivity index (χ0v) is 12.4. The highest BCUT2D eigenvalue weighted by molar-refractivity contribution is 7.12. The van der Waals surface area contributed by atoms with Crippen molar-refractivity contribution >= 4 is 34.3 Å². The predicted molar refractivity (Wildman–Crippen MR) is 88.8 cm³/mol. The molecule has 1 aliphatic heterocycles. The van der Waals surface area contributed by atoms with E-state index < -0.39 is 0 Å². The molecule has 1 aromatic heterocycles. The molecule has 0 spiro atoms. The lowest BCUT2D eigenvalue weighted by atomic mass is 10.0. The van der Waals surface area contributed by atoms with Crippen molar-refractivity contribution in [3.05, 3.63) is 39.8 Å². The zero-order chi connectivity index (χ0) is 14.3. The van der Waals surface area contributed by atoms with Gasteiger partial charge in [-0.1, -0.05) is 21.3 Å². The molecule has 0 unspecified atom stereocenters. The Labute approximate surface area is 129 Å². The van der Waals surface area contributed by atoms with Crippen LogP contribution in [0.15, 0.2) is 28.6 Å². The minimum absolute atomic E-state index is 0. The van der Waals surface area contributed by atoms with Gasteiger partial charge in [0.25, 0.3) is 0 Å². The first-order valence-corrected chi connectivity index (χ1v) is 7.39. The number of amides is 1. The number of carbonyl (C=O) groups excluding carboxylic acids is 1.